The van der Waals surface area contributed by atoms with Crippen molar-refractivity contribution in [2.75, 3.05) is 6.54 Å². The summed E-state index contributed by atoms with van der Waals surface area (Å²) in [7, 11) is 0. The van der Waals surface area contributed by atoms with Crippen molar-refractivity contribution in [2.24, 2.45) is 0 Å². The lowest BCUT2D eigenvalue weighted by Crippen LogP contribution is -2.45. The minimum atomic E-state index is -0.241. The van der Waals surface area contributed by atoms with Crippen molar-refractivity contribution < 1.29 is 9.18 Å². The van der Waals surface area contributed by atoms with Gasteiger partial charge in [-0.2, -0.15) is 0 Å². The molecule has 0 atom stereocenters. The number of carbonyl (C=O) groups excluding carboxylic acids is 1. The Bertz CT molecular complexity index is 478. The van der Waals surface area contributed by atoms with Crippen LogP contribution in [-0.4, -0.2) is 28.9 Å². The zero-order chi connectivity index (χ0) is 14.8. The molecule has 0 unspecified atom stereocenters. The van der Waals surface area contributed by atoms with Crippen molar-refractivity contribution in [1.29, 1.82) is 0 Å². The molecule has 0 bridgehead atoms. The molecule has 1 aliphatic rings. The maximum Gasteiger partial charge on any atom is 0.237 e. The van der Waals surface area contributed by atoms with E-state index in [1.54, 1.807) is 23.1 Å². The molecule has 0 aliphatic heterocycles. The molecule has 0 aromatic heterocycles. The second-order valence-electron chi connectivity index (χ2n) is 6.45. The Hall–Kier alpha value is -1.42. The number of hydrogen-bond donors (Lipinski definition) is 1. The quantitative estimate of drug-likeness (QED) is 0.898. The lowest BCUT2D eigenvalue weighted by molar-refractivity contribution is -0.131. The standard InChI is InChI=1S/C16H23FN2O/c1-16(2,3)18-10-15(20)19(13-8-9-13)11-12-6-4-5-7-14(12)17/h4-7,13,18H,8-11H2,1-3H3. The number of rotatable bonds is 5. The van der Waals surface area contributed by atoms with Gasteiger partial charge < -0.3 is 10.2 Å². The third-order valence-electron chi connectivity index (χ3n) is 3.38. The monoisotopic (exact) mass is 278 g/mol. The SMILES string of the molecule is CC(C)(C)NCC(=O)N(Cc1ccccc1F)C1CC1. The molecule has 0 saturated heterocycles. The minimum absolute atomic E-state index is 0.0469. The molecule has 0 heterocycles. The van der Waals surface area contributed by atoms with Gasteiger partial charge in [0.25, 0.3) is 0 Å². The van der Waals surface area contributed by atoms with Crippen LogP contribution in [0.5, 0.6) is 0 Å². The highest BCUT2D eigenvalue weighted by Gasteiger charge is 2.33. The van der Waals surface area contributed by atoms with Gasteiger partial charge in [-0.15, -0.1) is 0 Å². The number of hydrogen-bond acceptors (Lipinski definition) is 2. The third kappa shape index (κ3) is 4.30. The van der Waals surface area contributed by atoms with Gasteiger partial charge in [0.05, 0.1) is 6.54 Å². The van der Waals surface area contributed by atoms with Gasteiger partial charge in [0, 0.05) is 23.7 Å². The molecular formula is C16H23FN2O. The first kappa shape index (κ1) is 15.0. The van der Waals surface area contributed by atoms with Crippen molar-refractivity contribution in [3.8, 4) is 0 Å². The second kappa shape index (κ2) is 5.92. The van der Waals surface area contributed by atoms with Gasteiger partial charge in [-0.25, -0.2) is 4.39 Å². The minimum Gasteiger partial charge on any atom is -0.334 e. The van der Waals surface area contributed by atoms with Gasteiger partial charge in [0.2, 0.25) is 5.91 Å². The van der Waals surface area contributed by atoms with Crippen LogP contribution in [-0.2, 0) is 11.3 Å². The Kier molecular flexibility index (Phi) is 4.43. The molecule has 110 valence electrons. The number of benzene rings is 1. The Labute approximate surface area is 120 Å². The molecule has 1 amide bonds. The number of nitrogens with one attached hydrogen (secondary N) is 1. The van der Waals surface area contributed by atoms with Crippen LogP contribution in [0.1, 0.15) is 39.2 Å². The third-order valence-corrected chi connectivity index (χ3v) is 3.38. The Balaban J connectivity index is 2.01. The zero-order valence-corrected chi connectivity index (χ0v) is 12.4. The summed E-state index contributed by atoms with van der Waals surface area (Å²) in [4.78, 5) is 14.1. The van der Waals surface area contributed by atoms with Crippen molar-refractivity contribution in [3.05, 3.63) is 35.6 Å². The van der Waals surface area contributed by atoms with Gasteiger partial charge in [-0.1, -0.05) is 18.2 Å². The molecule has 1 aromatic rings. The average Bonchev–Trinajstić information content (AvgIpc) is 3.18. The fourth-order valence-electron chi connectivity index (χ4n) is 2.06. The van der Waals surface area contributed by atoms with Gasteiger partial charge in [0.15, 0.2) is 0 Å². The van der Waals surface area contributed by atoms with Crippen molar-refractivity contribution in [2.45, 2.75) is 51.7 Å². The maximum absolute atomic E-state index is 13.7. The zero-order valence-electron chi connectivity index (χ0n) is 12.4. The maximum atomic E-state index is 13.7. The van der Waals surface area contributed by atoms with Crippen LogP contribution in [0.15, 0.2) is 24.3 Å². The summed E-state index contributed by atoms with van der Waals surface area (Å²) in [6.07, 6.45) is 2.05. The summed E-state index contributed by atoms with van der Waals surface area (Å²) in [5, 5.41) is 3.20. The van der Waals surface area contributed by atoms with Gasteiger partial charge >= 0.3 is 0 Å². The predicted molar refractivity (Wildman–Crippen MR) is 77.7 cm³/mol. The molecule has 3 nitrogen and oxygen atoms in total. The summed E-state index contributed by atoms with van der Waals surface area (Å²) in [5.41, 5.74) is 0.492. The summed E-state index contributed by atoms with van der Waals surface area (Å²) < 4.78 is 13.7. The first-order chi connectivity index (χ1) is 9.37. The Morgan fingerprint density at radius 2 is 2.00 bits per heavy atom. The van der Waals surface area contributed by atoms with E-state index in [0.717, 1.165) is 12.8 Å². The molecule has 4 heteroatoms. The highest BCUT2D eigenvalue weighted by Crippen LogP contribution is 2.28. The molecule has 1 aliphatic carbocycles. The van der Waals surface area contributed by atoms with Crippen LogP contribution in [0.3, 0.4) is 0 Å². The van der Waals surface area contributed by atoms with E-state index in [-0.39, 0.29) is 23.3 Å². The van der Waals surface area contributed by atoms with Crippen LogP contribution in [0.2, 0.25) is 0 Å². The fraction of sp³-hybridized carbons (Fsp3) is 0.562. The topological polar surface area (TPSA) is 32.3 Å². The number of halogens is 1. The molecular weight excluding hydrogens is 255 g/mol. The molecule has 1 saturated carbocycles. The molecule has 20 heavy (non-hydrogen) atoms. The molecule has 1 N–H and O–H groups in total. The van der Waals surface area contributed by atoms with Crippen LogP contribution >= 0.6 is 0 Å². The van der Waals surface area contributed by atoms with Crippen LogP contribution in [0, 0.1) is 5.82 Å². The van der Waals surface area contributed by atoms with Crippen molar-refractivity contribution in [3.63, 3.8) is 0 Å². The number of amides is 1. The second-order valence-corrected chi connectivity index (χ2v) is 6.45. The normalized spacial score (nSPS) is 15.2. The van der Waals surface area contributed by atoms with Crippen molar-refractivity contribution in [1.82, 2.24) is 10.2 Å². The summed E-state index contributed by atoms with van der Waals surface area (Å²) >= 11 is 0. The molecule has 0 radical (unpaired) electrons. The van der Waals surface area contributed by atoms with Gasteiger partial charge in [-0.05, 0) is 39.7 Å². The van der Waals surface area contributed by atoms with E-state index in [1.807, 2.05) is 20.8 Å². The first-order valence-corrected chi connectivity index (χ1v) is 7.15. The van der Waals surface area contributed by atoms with Crippen molar-refractivity contribution >= 4 is 5.91 Å². The van der Waals surface area contributed by atoms with Gasteiger partial charge in [0.1, 0.15) is 5.82 Å². The predicted octanol–water partition coefficient (Wildman–Crippen LogP) is 2.70. The van der Waals surface area contributed by atoms with E-state index in [0.29, 0.717) is 18.7 Å². The molecule has 1 aromatic carbocycles. The molecule has 1 fully saturated rings. The van der Waals surface area contributed by atoms with Crippen LogP contribution in [0.4, 0.5) is 4.39 Å². The van der Waals surface area contributed by atoms with E-state index < -0.39 is 0 Å². The van der Waals surface area contributed by atoms with E-state index >= 15 is 0 Å². The van der Waals surface area contributed by atoms with E-state index in [9.17, 15) is 9.18 Å². The van der Waals surface area contributed by atoms with Gasteiger partial charge in [-0.3, -0.25) is 4.79 Å². The fourth-order valence-corrected chi connectivity index (χ4v) is 2.06. The lowest BCUT2D eigenvalue weighted by Gasteiger charge is -2.26. The average molecular weight is 278 g/mol. The summed E-state index contributed by atoms with van der Waals surface area (Å²) in [5.74, 6) is -0.194. The Morgan fingerprint density at radius 3 is 2.55 bits per heavy atom. The molecule has 0 spiro atoms. The highest BCUT2D eigenvalue weighted by molar-refractivity contribution is 5.79. The smallest absolute Gasteiger partial charge is 0.237 e. The lowest BCUT2D eigenvalue weighted by atomic mass is 10.1. The van der Waals surface area contributed by atoms with E-state index in [4.69, 9.17) is 0 Å². The largest absolute Gasteiger partial charge is 0.334 e. The summed E-state index contributed by atoms with van der Waals surface area (Å²) in [6, 6.07) is 6.95. The highest BCUT2D eigenvalue weighted by atomic mass is 19.1. The van der Waals surface area contributed by atoms with Crippen LogP contribution in [0.25, 0.3) is 0 Å². The van der Waals surface area contributed by atoms with E-state index in [1.165, 1.54) is 6.07 Å². The van der Waals surface area contributed by atoms with Crippen LogP contribution < -0.4 is 5.32 Å². The van der Waals surface area contributed by atoms with E-state index in [2.05, 4.69) is 5.32 Å². The number of carbonyl (C=O) groups is 1. The first-order valence-electron chi connectivity index (χ1n) is 7.15. The molecule has 2 rings (SSSR count). The number of nitrogens with zero attached hydrogens (tertiary/aromatic N) is 1. The summed E-state index contributed by atoms with van der Waals surface area (Å²) in [6.45, 7) is 6.74. The Morgan fingerprint density at radius 1 is 1.35 bits per heavy atom.